The maximum absolute atomic E-state index is 11.3. The van der Waals surface area contributed by atoms with E-state index >= 15 is 0 Å². The molecule has 3 N–H and O–H groups in total. The van der Waals surface area contributed by atoms with E-state index in [-0.39, 0.29) is 4.90 Å². The number of rotatable bonds is 3. The van der Waals surface area contributed by atoms with Crippen molar-refractivity contribution in [1.82, 2.24) is 0 Å². The molecule has 0 radical (unpaired) electrons. The maximum Gasteiger partial charge on any atom is 0.295 e. The molecule has 0 saturated carbocycles. The van der Waals surface area contributed by atoms with E-state index in [4.69, 9.17) is 10.3 Å². The summed E-state index contributed by atoms with van der Waals surface area (Å²) in [5, 5.41) is 0. The molecule has 98 valence electrons. The van der Waals surface area contributed by atoms with Crippen LogP contribution in [-0.2, 0) is 10.1 Å². The molecule has 0 spiro atoms. The van der Waals surface area contributed by atoms with Gasteiger partial charge in [0.15, 0.2) is 0 Å². The van der Waals surface area contributed by atoms with E-state index in [2.05, 4.69) is 0 Å². The van der Waals surface area contributed by atoms with Crippen LogP contribution < -0.4 is 5.73 Å². The van der Waals surface area contributed by atoms with Crippen molar-refractivity contribution < 1.29 is 13.0 Å². The van der Waals surface area contributed by atoms with Crippen LogP contribution in [0.4, 0.5) is 5.69 Å². The van der Waals surface area contributed by atoms with Crippen LogP contribution in [-0.4, -0.2) is 13.0 Å². The zero-order valence-electron chi connectivity index (χ0n) is 10.0. The molecule has 0 heterocycles. The minimum Gasteiger partial charge on any atom is -0.399 e. The van der Waals surface area contributed by atoms with Crippen LogP contribution in [0.1, 0.15) is 11.1 Å². The Balaban J connectivity index is 2.45. The van der Waals surface area contributed by atoms with Crippen LogP contribution in [0.3, 0.4) is 0 Å². The molecule has 2 aromatic carbocycles. The average Bonchev–Trinajstić information content (AvgIpc) is 2.36. The highest BCUT2D eigenvalue weighted by Crippen LogP contribution is 2.21. The molecule has 4 nitrogen and oxygen atoms in total. The van der Waals surface area contributed by atoms with Gasteiger partial charge in [0.25, 0.3) is 10.1 Å². The molecule has 0 saturated heterocycles. The molecule has 0 aliphatic heterocycles. The van der Waals surface area contributed by atoms with E-state index in [0.717, 1.165) is 5.56 Å². The van der Waals surface area contributed by atoms with Crippen LogP contribution in [0.15, 0.2) is 53.4 Å². The molecule has 0 aliphatic rings. The number of nitrogens with two attached hydrogens (primary N) is 1. The molecule has 0 bridgehead atoms. The zero-order chi connectivity index (χ0) is 13.9. The molecular formula is C14H13NO3S. The SMILES string of the molecule is Nc1ccc(S(=O)(=O)O)c(C=Cc2ccccc2)c1. The number of benzene rings is 2. The lowest BCUT2D eigenvalue weighted by Crippen LogP contribution is -2.01. The summed E-state index contributed by atoms with van der Waals surface area (Å²) in [5.41, 5.74) is 7.34. The van der Waals surface area contributed by atoms with Gasteiger partial charge in [-0.25, -0.2) is 0 Å². The minimum absolute atomic E-state index is 0.158. The summed E-state index contributed by atoms with van der Waals surface area (Å²) < 4.78 is 31.7. The number of hydrogen-bond acceptors (Lipinski definition) is 3. The maximum atomic E-state index is 11.3. The lowest BCUT2D eigenvalue weighted by atomic mass is 10.1. The lowest BCUT2D eigenvalue weighted by molar-refractivity contribution is 0.483. The summed E-state index contributed by atoms with van der Waals surface area (Å²) in [6.07, 6.45) is 3.36. The molecule has 0 fully saturated rings. The highest BCUT2D eigenvalue weighted by molar-refractivity contribution is 7.85. The van der Waals surface area contributed by atoms with Gasteiger partial charge in [-0.1, -0.05) is 42.5 Å². The van der Waals surface area contributed by atoms with Crippen LogP contribution >= 0.6 is 0 Å². The van der Waals surface area contributed by atoms with Crippen LogP contribution in [0.5, 0.6) is 0 Å². The van der Waals surface area contributed by atoms with Crippen molar-refractivity contribution in [2.24, 2.45) is 0 Å². The Morgan fingerprint density at radius 2 is 1.68 bits per heavy atom. The smallest absolute Gasteiger partial charge is 0.295 e. The van der Waals surface area contributed by atoms with Gasteiger partial charge in [0, 0.05) is 5.69 Å². The third-order valence-corrected chi connectivity index (χ3v) is 3.49. The van der Waals surface area contributed by atoms with Crippen molar-refractivity contribution in [3.8, 4) is 0 Å². The van der Waals surface area contributed by atoms with Crippen LogP contribution in [0, 0.1) is 0 Å². The normalized spacial score (nSPS) is 11.8. The van der Waals surface area contributed by atoms with Crippen molar-refractivity contribution in [2.75, 3.05) is 5.73 Å². The number of nitrogen functional groups attached to an aromatic ring is 1. The summed E-state index contributed by atoms with van der Waals surface area (Å²) >= 11 is 0. The average molecular weight is 275 g/mol. The van der Waals surface area contributed by atoms with Gasteiger partial charge < -0.3 is 5.73 Å². The standard InChI is InChI=1S/C14H13NO3S/c15-13-8-9-14(19(16,17)18)12(10-13)7-6-11-4-2-1-3-5-11/h1-10H,15H2,(H,16,17,18). The Kier molecular flexibility index (Phi) is 3.69. The van der Waals surface area contributed by atoms with Gasteiger partial charge in [-0.3, -0.25) is 4.55 Å². The highest BCUT2D eigenvalue weighted by atomic mass is 32.2. The Morgan fingerprint density at radius 1 is 1.00 bits per heavy atom. The van der Waals surface area contributed by atoms with E-state index in [0.29, 0.717) is 11.3 Å². The molecule has 0 aromatic heterocycles. The van der Waals surface area contributed by atoms with Gasteiger partial charge in [0.2, 0.25) is 0 Å². The van der Waals surface area contributed by atoms with Crippen molar-refractivity contribution in [3.05, 3.63) is 59.7 Å². The Morgan fingerprint density at radius 3 is 2.32 bits per heavy atom. The first-order valence-corrected chi connectivity index (χ1v) is 7.01. The fourth-order valence-corrected chi connectivity index (χ4v) is 2.35. The van der Waals surface area contributed by atoms with Crippen LogP contribution in [0.2, 0.25) is 0 Å². The summed E-state index contributed by atoms with van der Waals surface area (Å²) in [6.45, 7) is 0. The third kappa shape index (κ3) is 3.43. The summed E-state index contributed by atoms with van der Waals surface area (Å²) in [5.74, 6) is 0. The van der Waals surface area contributed by atoms with Crippen molar-refractivity contribution in [1.29, 1.82) is 0 Å². The molecule has 0 amide bonds. The fraction of sp³-hybridized carbons (Fsp3) is 0. The van der Waals surface area contributed by atoms with Gasteiger partial charge in [0.1, 0.15) is 4.90 Å². The summed E-state index contributed by atoms with van der Waals surface area (Å²) in [7, 11) is -4.26. The first-order chi connectivity index (χ1) is 8.97. The summed E-state index contributed by atoms with van der Waals surface area (Å²) in [4.78, 5) is -0.158. The molecule has 2 rings (SSSR count). The second-order valence-corrected chi connectivity index (χ2v) is 5.41. The molecule has 19 heavy (non-hydrogen) atoms. The van der Waals surface area contributed by atoms with Gasteiger partial charge in [0.05, 0.1) is 0 Å². The molecule has 5 heteroatoms. The number of anilines is 1. The molecule has 0 unspecified atom stereocenters. The Bertz CT molecular complexity index is 707. The molecule has 0 aliphatic carbocycles. The van der Waals surface area contributed by atoms with Crippen molar-refractivity contribution >= 4 is 28.0 Å². The van der Waals surface area contributed by atoms with Gasteiger partial charge in [-0.2, -0.15) is 8.42 Å². The van der Waals surface area contributed by atoms with E-state index < -0.39 is 10.1 Å². The van der Waals surface area contributed by atoms with Crippen molar-refractivity contribution in [3.63, 3.8) is 0 Å². The quantitative estimate of drug-likeness (QED) is 0.512. The van der Waals surface area contributed by atoms with E-state index in [1.807, 2.05) is 30.3 Å². The first-order valence-electron chi connectivity index (χ1n) is 5.57. The molecular weight excluding hydrogens is 262 g/mol. The van der Waals surface area contributed by atoms with Gasteiger partial charge in [-0.15, -0.1) is 0 Å². The second-order valence-electron chi connectivity index (χ2n) is 4.02. The van der Waals surface area contributed by atoms with Crippen molar-refractivity contribution in [2.45, 2.75) is 4.90 Å². The summed E-state index contributed by atoms with van der Waals surface area (Å²) in [6, 6.07) is 13.6. The predicted molar refractivity (Wildman–Crippen MR) is 76.0 cm³/mol. The number of hydrogen-bond donors (Lipinski definition) is 2. The topological polar surface area (TPSA) is 80.4 Å². The zero-order valence-corrected chi connectivity index (χ0v) is 10.8. The molecule has 2 aromatic rings. The van der Waals surface area contributed by atoms with E-state index in [9.17, 15) is 8.42 Å². The third-order valence-electron chi connectivity index (χ3n) is 2.57. The Hall–Kier alpha value is -2.11. The van der Waals surface area contributed by atoms with Gasteiger partial charge >= 0.3 is 0 Å². The fourth-order valence-electron chi connectivity index (χ4n) is 1.68. The van der Waals surface area contributed by atoms with E-state index in [1.54, 1.807) is 12.2 Å². The largest absolute Gasteiger partial charge is 0.399 e. The predicted octanol–water partition coefficient (Wildman–Crippen LogP) is 2.69. The first kappa shape index (κ1) is 13.3. The second kappa shape index (κ2) is 5.26. The minimum atomic E-state index is -4.26. The van der Waals surface area contributed by atoms with E-state index in [1.165, 1.54) is 18.2 Å². The van der Waals surface area contributed by atoms with Gasteiger partial charge in [-0.05, 0) is 29.3 Å². The monoisotopic (exact) mass is 275 g/mol. The molecule has 0 atom stereocenters. The Labute approximate surface area is 111 Å². The van der Waals surface area contributed by atoms with Crippen LogP contribution in [0.25, 0.3) is 12.2 Å². The highest BCUT2D eigenvalue weighted by Gasteiger charge is 2.13. The lowest BCUT2D eigenvalue weighted by Gasteiger charge is -2.04.